The summed E-state index contributed by atoms with van der Waals surface area (Å²) in [6, 6.07) is 1.41. The van der Waals surface area contributed by atoms with Gasteiger partial charge in [0.15, 0.2) is 0 Å². The summed E-state index contributed by atoms with van der Waals surface area (Å²) in [5, 5.41) is 14.5. The molecule has 0 bridgehead atoms. The zero-order valence-electron chi connectivity index (χ0n) is 9.56. The second-order valence-electron chi connectivity index (χ2n) is 3.35. The third-order valence-corrected chi connectivity index (χ3v) is 2.06. The van der Waals surface area contributed by atoms with Gasteiger partial charge in [0.1, 0.15) is 5.75 Å². The number of carbonyl (C=O) groups excluding carboxylic acids is 2. The summed E-state index contributed by atoms with van der Waals surface area (Å²) in [6.07, 6.45) is 2.82. The molecule has 0 radical (unpaired) electrons. The summed E-state index contributed by atoms with van der Waals surface area (Å²) in [6.45, 7) is 2.62. The smallest absolute Gasteiger partial charge is 0.255 e. The third kappa shape index (κ3) is 4.10. The Kier molecular flexibility index (Phi) is 4.93. The number of nitrogens with zero attached hydrogens (tertiary/aromatic N) is 1. The molecule has 0 aliphatic carbocycles. The third-order valence-electron chi connectivity index (χ3n) is 2.06. The van der Waals surface area contributed by atoms with Crippen LogP contribution in [0.5, 0.6) is 5.75 Å². The Hall–Kier alpha value is -2.11. The Morgan fingerprint density at radius 1 is 1.41 bits per heavy atom. The highest BCUT2D eigenvalue weighted by Crippen LogP contribution is 2.12. The van der Waals surface area contributed by atoms with Crippen LogP contribution in [0.2, 0.25) is 0 Å². The fraction of sp³-hybridized carbons (Fsp3) is 0.364. The molecule has 0 fully saturated rings. The predicted molar refractivity (Wildman–Crippen MR) is 61.5 cm³/mol. The second kappa shape index (κ2) is 6.47. The van der Waals surface area contributed by atoms with E-state index < -0.39 is 5.91 Å². The largest absolute Gasteiger partial charge is 0.505 e. The van der Waals surface area contributed by atoms with Gasteiger partial charge in [0, 0.05) is 25.7 Å². The second-order valence-corrected chi connectivity index (χ2v) is 3.35. The van der Waals surface area contributed by atoms with Crippen LogP contribution in [-0.4, -0.2) is 35.0 Å². The van der Waals surface area contributed by atoms with Crippen molar-refractivity contribution in [3.63, 3.8) is 0 Å². The molecule has 17 heavy (non-hydrogen) atoms. The summed E-state index contributed by atoms with van der Waals surface area (Å²) in [4.78, 5) is 26.3. The number of nitrogens with one attached hydrogen (secondary N) is 2. The highest BCUT2D eigenvalue weighted by Gasteiger charge is 2.10. The van der Waals surface area contributed by atoms with Gasteiger partial charge in [-0.1, -0.05) is 0 Å². The molecule has 0 aliphatic heterocycles. The Morgan fingerprint density at radius 2 is 2.18 bits per heavy atom. The molecule has 92 valence electrons. The maximum absolute atomic E-state index is 11.6. The fourth-order valence-electron chi connectivity index (χ4n) is 1.25. The minimum Gasteiger partial charge on any atom is -0.505 e. The normalized spacial score (nSPS) is 9.71. The average molecular weight is 237 g/mol. The molecule has 0 unspecified atom stereocenters. The molecule has 0 aromatic carbocycles. The molecule has 0 saturated heterocycles. The Morgan fingerprint density at radius 3 is 2.82 bits per heavy atom. The summed E-state index contributed by atoms with van der Waals surface area (Å²) >= 11 is 0. The van der Waals surface area contributed by atoms with Crippen molar-refractivity contribution in [1.82, 2.24) is 15.6 Å². The van der Waals surface area contributed by atoms with Crippen LogP contribution in [0.4, 0.5) is 0 Å². The van der Waals surface area contributed by atoms with Crippen LogP contribution in [0.15, 0.2) is 18.5 Å². The number of rotatable bonds is 5. The molecule has 1 aromatic rings. The van der Waals surface area contributed by atoms with Crippen LogP contribution in [0.3, 0.4) is 0 Å². The van der Waals surface area contributed by atoms with E-state index in [1.165, 1.54) is 18.5 Å². The van der Waals surface area contributed by atoms with Crippen LogP contribution < -0.4 is 10.6 Å². The maximum Gasteiger partial charge on any atom is 0.255 e. The lowest BCUT2D eigenvalue weighted by Gasteiger charge is -2.06. The zero-order valence-corrected chi connectivity index (χ0v) is 9.56. The quantitative estimate of drug-likeness (QED) is 0.674. The molecule has 0 aliphatic rings. The lowest BCUT2D eigenvalue weighted by molar-refractivity contribution is -0.120. The molecule has 1 aromatic heterocycles. The van der Waals surface area contributed by atoms with Crippen LogP contribution in [0.25, 0.3) is 0 Å². The standard InChI is InChI=1S/C11H15N3O3/c1-2-13-10(16)4-6-14-11(17)8-3-5-12-7-9(8)15/h3,5,7,15H,2,4,6H2,1H3,(H,13,16)(H,14,17). The van der Waals surface area contributed by atoms with E-state index in [9.17, 15) is 14.7 Å². The summed E-state index contributed by atoms with van der Waals surface area (Å²) < 4.78 is 0. The predicted octanol–water partition coefficient (Wildman–Crippen LogP) is 0.0432. The number of aromatic hydroxyl groups is 1. The Balaban J connectivity index is 2.41. The van der Waals surface area contributed by atoms with Gasteiger partial charge < -0.3 is 15.7 Å². The van der Waals surface area contributed by atoms with Crippen molar-refractivity contribution in [1.29, 1.82) is 0 Å². The van der Waals surface area contributed by atoms with Gasteiger partial charge in [-0.25, -0.2) is 0 Å². The molecule has 0 atom stereocenters. The molecule has 0 saturated carbocycles. The van der Waals surface area contributed by atoms with E-state index in [1.54, 1.807) is 0 Å². The molecular weight excluding hydrogens is 222 g/mol. The van der Waals surface area contributed by atoms with E-state index in [2.05, 4.69) is 15.6 Å². The van der Waals surface area contributed by atoms with Crippen molar-refractivity contribution in [2.45, 2.75) is 13.3 Å². The average Bonchev–Trinajstić information content (AvgIpc) is 2.29. The van der Waals surface area contributed by atoms with Crippen molar-refractivity contribution < 1.29 is 14.7 Å². The number of aromatic nitrogens is 1. The van der Waals surface area contributed by atoms with E-state index in [1.807, 2.05) is 6.92 Å². The molecule has 3 N–H and O–H groups in total. The first-order chi connectivity index (χ1) is 8.15. The highest BCUT2D eigenvalue weighted by molar-refractivity contribution is 5.96. The van der Waals surface area contributed by atoms with E-state index in [-0.39, 0.29) is 30.2 Å². The van der Waals surface area contributed by atoms with E-state index in [0.29, 0.717) is 6.54 Å². The van der Waals surface area contributed by atoms with Gasteiger partial charge in [0.2, 0.25) is 5.91 Å². The minimum absolute atomic E-state index is 0.119. The minimum atomic E-state index is -0.422. The molecule has 6 nitrogen and oxygen atoms in total. The van der Waals surface area contributed by atoms with E-state index in [0.717, 1.165) is 0 Å². The van der Waals surface area contributed by atoms with Crippen LogP contribution in [0.1, 0.15) is 23.7 Å². The van der Waals surface area contributed by atoms with Crippen LogP contribution in [-0.2, 0) is 4.79 Å². The van der Waals surface area contributed by atoms with Gasteiger partial charge in [-0.3, -0.25) is 14.6 Å². The van der Waals surface area contributed by atoms with Gasteiger partial charge in [-0.15, -0.1) is 0 Å². The number of carbonyl (C=O) groups is 2. The molecule has 6 heteroatoms. The Bertz CT molecular complexity index is 407. The Labute approximate surface area is 99.1 Å². The zero-order chi connectivity index (χ0) is 12.7. The maximum atomic E-state index is 11.6. The van der Waals surface area contributed by atoms with Crippen LogP contribution >= 0.6 is 0 Å². The lowest BCUT2D eigenvalue weighted by atomic mass is 10.2. The van der Waals surface area contributed by atoms with Gasteiger partial charge in [0.25, 0.3) is 5.91 Å². The topological polar surface area (TPSA) is 91.3 Å². The SMILES string of the molecule is CCNC(=O)CCNC(=O)c1ccncc1O. The summed E-state index contributed by atoms with van der Waals surface area (Å²) in [5.41, 5.74) is 0.149. The molecule has 1 heterocycles. The van der Waals surface area contributed by atoms with Crippen molar-refractivity contribution in [2.75, 3.05) is 13.1 Å². The van der Waals surface area contributed by atoms with Crippen molar-refractivity contribution in [3.05, 3.63) is 24.0 Å². The summed E-state index contributed by atoms with van der Waals surface area (Å²) in [7, 11) is 0. The first kappa shape index (κ1) is 13.0. The van der Waals surface area contributed by atoms with Gasteiger partial charge in [-0.2, -0.15) is 0 Å². The molecule has 0 spiro atoms. The van der Waals surface area contributed by atoms with Crippen molar-refractivity contribution in [2.24, 2.45) is 0 Å². The molecule has 2 amide bonds. The number of hydrogen-bond donors (Lipinski definition) is 3. The number of amides is 2. The van der Waals surface area contributed by atoms with E-state index >= 15 is 0 Å². The van der Waals surface area contributed by atoms with Gasteiger partial charge in [0.05, 0.1) is 11.8 Å². The van der Waals surface area contributed by atoms with Crippen molar-refractivity contribution in [3.8, 4) is 5.75 Å². The monoisotopic (exact) mass is 237 g/mol. The first-order valence-corrected chi connectivity index (χ1v) is 5.33. The summed E-state index contributed by atoms with van der Waals surface area (Å²) in [5.74, 6) is -0.719. The van der Waals surface area contributed by atoms with Gasteiger partial charge in [-0.05, 0) is 13.0 Å². The fourth-order valence-corrected chi connectivity index (χ4v) is 1.25. The number of pyridine rings is 1. The molecular formula is C11H15N3O3. The number of hydrogen-bond acceptors (Lipinski definition) is 4. The molecule has 1 rings (SSSR count). The lowest BCUT2D eigenvalue weighted by Crippen LogP contribution is -2.30. The van der Waals surface area contributed by atoms with Gasteiger partial charge >= 0.3 is 0 Å². The van der Waals surface area contributed by atoms with E-state index in [4.69, 9.17) is 0 Å². The van der Waals surface area contributed by atoms with Crippen LogP contribution in [0, 0.1) is 0 Å². The first-order valence-electron chi connectivity index (χ1n) is 5.33. The highest BCUT2D eigenvalue weighted by atomic mass is 16.3. The van der Waals surface area contributed by atoms with Crippen molar-refractivity contribution >= 4 is 11.8 Å².